The fourth-order valence-corrected chi connectivity index (χ4v) is 4.03. The molecular formula is C29H42N4O6. The molecule has 1 heterocycles. The molecular weight excluding hydrogens is 500 g/mol. The molecule has 1 aliphatic heterocycles. The maximum Gasteiger partial charge on any atom is 0.329 e. The van der Waals surface area contributed by atoms with Crippen molar-refractivity contribution in [3.63, 3.8) is 0 Å². The third-order valence-corrected chi connectivity index (χ3v) is 6.44. The third-order valence-electron chi connectivity index (χ3n) is 6.44. The molecule has 4 amide bonds. The number of ether oxygens (including phenoxy) is 1. The van der Waals surface area contributed by atoms with Gasteiger partial charge in [-0.2, -0.15) is 0 Å². The van der Waals surface area contributed by atoms with Gasteiger partial charge >= 0.3 is 5.97 Å². The van der Waals surface area contributed by atoms with Crippen molar-refractivity contribution in [2.24, 2.45) is 17.8 Å². The lowest BCUT2D eigenvalue weighted by atomic mass is 9.99. The second-order valence-electron chi connectivity index (χ2n) is 10.9. The van der Waals surface area contributed by atoms with E-state index in [9.17, 15) is 24.0 Å². The summed E-state index contributed by atoms with van der Waals surface area (Å²) in [6.45, 7) is 12.1. The molecule has 214 valence electrons. The van der Waals surface area contributed by atoms with Crippen molar-refractivity contribution in [2.45, 2.75) is 85.2 Å². The van der Waals surface area contributed by atoms with E-state index in [1.807, 2.05) is 30.3 Å². The number of amides is 4. The summed E-state index contributed by atoms with van der Waals surface area (Å²) >= 11 is 0. The minimum absolute atomic E-state index is 0.241. The molecule has 0 aromatic heterocycles. The van der Waals surface area contributed by atoms with Crippen molar-refractivity contribution in [1.82, 2.24) is 21.3 Å². The molecule has 0 unspecified atom stereocenters. The Labute approximate surface area is 230 Å². The number of benzene rings is 1. The molecule has 0 radical (unpaired) electrons. The quantitative estimate of drug-likeness (QED) is 0.419. The molecule has 1 fully saturated rings. The Hall–Kier alpha value is -3.69. The van der Waals surface area contributed by atoms with Crippen molar-refractivity contribution in [3.05, 3.63) is 42.0 Å². The van der Waals surface area contributed by atoms with E-state index in [0.717, 1.165) is 5.56 Å². The molecule has 4 N–H and O–H groups in total. The summed E-state index contributed by atoms with van der Waals surface area (Å²) in [6, 6.07) is 5.47. The number of nitrogens with one attached hydrogen (secondary N) is 4. The molecule has 1 aromatic carbocycles. The van der Waals surface area contributed by atoms with Gasteiger partial charge in [0, 0.05) is 0 Å². The van der Waals surface area contributed by atoms with Gasteiger partial charge in [0.05, 0.1) is 6.42 Å². The number of rotatable bonds is 5. The Balaban J connectivity index is 2.47. The molecule has 5 atom stereocenters. The van der Waals surface area contributed by atoms with Crippen LogP contribution in [0.3, 0.4) is 0 Å². The van der Waals surface area contributed by atoms with Crippen molar-refractivity contribution in [1.29, 1.82) is 0 Å². The third kappa shape index (κ3) is 9.53. The van der Waals surface area contributed by atoms with Crippen LogP contribution in [0.1, 0.15) is 60.5 Å². The van der Waals surface area contributed by atoms with Crippen LogP contribution in [0.15, 0.2) is 36.4 Å². The molecule has 0 saturated carbocycles. The fourth-order valence-electron chi connectivity index (χ4n) is 4.03. The highest BCUT2D eigenvalue weighted by Gasteiger charge is 2.35. The molecule has 10 nitrogen and oxygen atoms in total. The predicted molar refractivity (Wildman–Crippen MR) is 148 cm³/mol. The standard InChI is InChI=1S/C29H42N4O6/c1-16(2)23-27(36)30-19(7)26(35)32-24(17(3)4)28(37)33-25(18(5)6)29(38)39-21(15-22(34)31-23)14-13-20-11-9-8-10-12-20/h8-14,16-19,21,23-25H,15H2,1-7H3,(H,30,36)(H,31,34)(H,32,35)(H,33,37)/b14-13+/t19-,21+,23+,24+,25+/m1/s1. The van der Waals surface area contributed by atoms with Gasteiger partial charge in [-0.25, -0.2) is 4.79 Å². The average Bonchev–Trinajstić information content (AvgIpc) is 2.86. The van der Waals surface area contributed by atoms with Gasteiger partial charge in [-0.05, 0) is 36.3 Å². The summed E-state index contributed by atoms with van der Waals surface area (Å²) in [7, 11) is 0. The zero-order chi connectivity index (χ0) is 29.3. The van der Waals surface area contributed by atoms with Gasteiger partial charge < -0.3 is 26.0 Å². The maximum atomic E-state index is 13.3. The summed E-state index contributed by atoms with van der Waals surface area (Å²) in [5.41, 5.74) is 0.846. The Morgan fingerprint density at radius 3 is 1.79 bits per heavy atom. The maximum absolute atomic E-state index is 13.3. The number of hydrogen-bond donors (Lipinski definition) is 4. The summed E-state index contributed by atoms with van der Waals surface area (Å²) in [5, 5.41) is 10.7. The largest absolute Gasteiger partial charge is 0.456 e. The summed E-state index contributed by atoms with van der Waals surface area (Å²) in [6.07, 6.45) is 2.15. The van der Waals surface area contributed by atoms with Crippen molar-refractivity contribution in [3.8, 4) is 0 Å². The summed E-state index contributed by atoms with van der Waals surface area (Å²) in [4.78, 5) is 65.4. The lowest BCUT2D eigenvalue weighted by Crippen LogP contribution is -2.59. The van der Waals surface area contributed by atoms with Gasteiger partial charge in [-0.15, -0.1) is 0 Å². The highest BCUT2D eigenvalue weighted by Crippen LogP contribution is 2.14. The first-order valence-electron chi connectivity index (χ1n) is 13.4. The molecule has 0 spiro atoms. The van der Waals surface area contributed by atoms with E-state index in [-0.39, 0.29) is 24.2 Å². The lowest BCUT2D eigenvalue weighted by Gasteiger charge is -2.29. The topological polar surface area (TPSA) is 143 Å². The zero-order valence-corrected chi connectivity index (χ0v) is 23.8. The van der Waals surface area contributed by atoms with E-state index < -0.39 is 59.9 Å². The van der Waals surface area contributed by atoms with Crippen LogP contribution in [0.25, 0.3) is 6.08 Å². The molecule has 0 aliphatic carbocycles. The SMILES string of the molecule is CC(C)[C@@H]1NC(=O)C[C@H](/C=C/c2ccccc2)OC(=O)[C@H](C(C)C)NC(=O)[C@H](C(C)C)NC(=O)[C@@H](C)NC1=O. The van der Waals surface area contributed by atoms with Crippen molar-refractivity contribution >= 4 is 35.7 Å². The van der Waals surface area contributed by atoms with Crippen LogP contribution in [0.5, 0.6) is 0 Å². The van der Waals surface area contributed by atoms with Gasteiger partial charge in [0.2, 0.25) is 23.6 Å². The Morgan fingerprint density at radius 2 is 1.23 bits per heavy atom. The van der Waals surface area contributed by atoms with Gasteiger partial charge in [0.15, 0.2) is 0 Å². The lowest BCUT2D eigenvalue weighted by molar-refractivity contribution is -0.153. The van der Waals surface area contributed by atoms with Crippen LogP contribution < -0.4 is 21.3 Å². The molecule has 0 bridgehead atoms. The van der Waals surface area contributed by atoms with E-state index in [2.05, 4.69) is 21.3 Å². The zero-order valence-electron chi connectivity index (χ0n) is 23.8. The van der Waals surface area contributed by atoms with Crippen molar-refractivity contribution in [2.75, 3.05) is 0 Å². The first kappa shape index (κ1) is 31.5. The summed E-state index contributed by atoms with van der Waals surface area (Å²) < 4.78 is 5.73. The summed E-state index contributed by atoms with van der Waals surface area (Å²) in [5.74, 6) is -3.78. The number of carbonyl (C=O) groups is 5. The second kappa shape index (κ2) is 14.5. The number of carbonyl (C=O) groups excluding carboxylic acids is 5. The minimum atomic E-state index is -1.01. The number of cyclic esters (lactones) is 1. The van der Waals surface area contributed by atoms with Crippen molar-refractivity contribution < 1.29 is 28.7 Å². The fraction of sp³-hybridized carbons (Fsp3) is 0.552. The van der Waals surface area contributed by atoms with Crippen LogP contribution in [-0.2, 0) is 28.7 Å². The molecule has 1 aromatic rings. The van der Waals surface area contributed by atoms with Gasteiger partial charge in [0.25, 0.3) is 0 Å². The normalized spacial score (nSPS) is 26.3. The minimum Gasteiger partial charge on any atom is -0.456 e. The van der Waals surface area contributed by atoms with E-state index in [1.54, 1.807) is 53.7 Å². The Bertz CT molecular complexity index is 1050. The van der Waals surface area contributed by atoms with E-state index in [0.29, 0.717) is 0 Å². The first-order valence-corrected chi connectivity index (χ1v) is 13.4. The van der Waals surface area contributed by atoms with Gasteiger partial charge in [-0.1, -0.05) is 78.0 Å². The molecule has 1 aliphatic rings. The highest BCUT2D eigenvalue weighted by molar-refractivity contribution is 5.95. The second-order valence-corrected chi connectivity index (χ2v) is 10.9. The monoisotopic (exact) mass is 542 g/mol. The van der Waals surface area contributed by atoms with E-state index in [4.69, 9.17) is 4.74 Å². The smallest absolute Gasteiger partial charge is 0.329 e. The number of esters is 1. The molecule has 2 rings (SSSR count). The van der Waals surface area contributed by atoms with E-state index >= 15 is 0 Å². The van der Waals surface area contributed by atoms with Crippen LogP contribution in [0.4, 0.5) is 0 Å². The van der Waals surface area contributed by atoms with Crippen LogP contribution in [0, 0.1) is 17.8 Å². The first-order chi connectivity index (χ1) is 18.3. The van der Waals surface area contributed by atoms with Gasteiger partial charge in [0.1, 0.15) is 30.3 Å². The average molecular weight is 543 g/mol. The molecule has 39 heavy (non-hydrogen) atoms. The van der Waals surface area contributed by atoms with Crippen LogP contribution in [0.2, 0.25) is 0 Å². The molecule has 1 saturated heterocycles. The predicted octanol–water partition coefficient (Wildman–Crippen LogP) is 1.94. The highest BCUT2D eigenvalue weighted by atomic mass is 16.5. The Kier molecular flexibility index (Phi) is 11.7. The van der Waals surface area contributed by atoms with Gasteiger partial charge in [-0.3, -0.25) is 19.2 Å². The Morgan fingerprint density at radius 1 is 0.718 bits per heavy atom. The van der Waals surface area contributed by atoms with E-state index in [1.165, 1.54) is 6.92 Å². The molecule has 10 heteroatoms. The van der Waals surface area contributed by atoms with Crippen LogP contribution >= 0.6 is 0 Å². The van der Waals surface area contributed by atoms with Crippen LogP contribution in [-0.4, -0.2) is 59.9 Å². The number of hydrogen-bond acceptors (Lipinski definition) is 6.